The number of halogens is 2. The monoisotopic (exact) mass is 340 g/mol. The fourth-order valence-corrected chi connectivity index (χ4v) is 3.39. The zero-order valence-corrected chi connectivity index (χ0v) is 13.6. The number of nitrogens with zero attached hydrogens (tertiary/aromatic N) is 2. The molecule has 1 heterocycles. The summed E-state index contributed by atoms with van der Waals surface area (Å²) in [6.45, 7) is 6.03. The van der Waals surface area contributed by atoms with E-state index >= 15 is 0 Å². The summed E-state index contributed by atoms with van der Waals surface area (Å²) < 4.78 is 33.5. The van der Waals surface area contributed by atoms with E-state index in [1.165, 1.54) is 4.90 Å². The van der Waals surface area contributed by atoms with Crippen LogP contribution in [0.4, 0.5) is 20.2 Å². The molecule has 24 heavy (non-hydrogen) atoms. The van der Waals surface area contributed by atoms with E-state index in [9.17, 15) is 23.7 Å². The van der Waals surface area contributed by atoms with E-state index in [0.717, 1.165) is 0 Å². The quantitative estimate of drug-likeness (QED) is 0.481. The molecule has 2 aliphatic rings. The lowest BCUT2D eigenvalue weighted by atomic mass is 10.1. The van der Waals surface area contributed by atoms with Crippen molar-refractivity contribution in [3.8, 4) is 0 Å². The van der Waals surface area contributed by atoms with Crippen LogP contribution in [0, 0.1) is 39.5 Å². The first kappa shape index (κ1) is 16.6. The molecule has 0 N–H and O–H groups in total. The third kappa shape index (κ3) is 2.92. The number of non-ortho nitro benzene ring substituents is 1. The number of ether oxygens (including phenoxy) is 1. The highest BCUT2D eigenvalue weighted by molar-refractivity contribution is 5.78. The third-order valence-corrected chi connectivity index (χ3v) is 4.40. The minimum atomic E-state index is -0.961. The van der Waals surface area contributed by atoms with Gasteiger partial charge in [0.2, 0.25) is 0 Å². The van der Waals surface area contributed by atoms with Gasteiger partial charge in [0, 0.05) is 13.1 Å². The van der Waals surface area contributed by atoms with Gasteiger partial charge < -0.3 is 9.64 Å². The summed E-state index contributed by atoms with van der Waals surface area (Å²) in [6, 6.07) is 1.43. The Labute approximate surface area is 137 Å². The Morgan fingerprint density at radius 1 is 1.25 bits per heavy atom. The number of rotatable bonds is 3. The minimum Gasteiger partial charge on any atom is -0.460 e. The number of hydrogen-bond acceptors (Lipinski definition) is 5. The molecule has 1 aliphatic carbocycles. The predicted octanol–water partition coefficient (Wildman–Crippen LogP) is 2.90. The summed E-state index contributed by atoms with van der Waals surface area (Å²) in [5.41, 5.74) is -1.45. The van der Waals surface area contributed by atoms with Crippen molar-refractivity contribution in [3.05, 3.63) is 33.9 Å². The highest BCUT2D eigenvalue weighted by Gasteiger charge is 2.61. The second kappa shape index (κ2) is 5.39. The molecule has 8 heteroatoms. The Hall–Kier alpha value is -2.25. The Kier molecular flexibility index (Phi) is 3.73. The Morgan fingerprint density at radius 3 is 2.17 bits per heavy atom. The maximum Gasteiger partial charge on any atom is 0.310 e. The van der Waals surface area contributed by atoms with Gasteiger partial charge >= 0.3 is 5.97 Å². The van der Waals surface area contributed by atoms with Gasteiger partial charge in [0.05, 0.1) is 23.0 Å². The van der Waals surface area contributed by atoms with E-state index in [2.05, 4.69) is 0 Å². The number of nitro groups is 1. The molecule has 2 fully saturated rings. The van der Waals surface area contributed by atoms with Crippen molar-refractivity contribution in [2.75, 3.05) is 18.0 Å². The lowest BCUT2D eigenvalue weighted by Crippen LogP contribution is -2.31. The molecule has 3 rings (SSSR count). The summed E-state index contributed by atoms with van der Waals surface area (Å²) in [5.74, 6) is -2.41. The summed E-state index contributed by atoms with van der Waals surface area (Å²) in [5, 5.41) is 10.6. The predicted molar refractivity (Wildman–Crippen MR) is 81.5 cm³/mol. The largest absolute Gasteiger partial charge is 0.460 e. The van der Waals surface area contributed by atoms with Crippen LogP contribution in [-0.4, -0.2) is 29.6 Å². The van der Waals surface area contributed by atoms with Crippen molar-refractivity contribution in [2.45, 2.75) is 26.4 Å². The molecular weight excluding hydrogens is 322 g/mol. The second-order valence-electron chi connectivity index (χ2n) is 7.31. The summed E-state index contributed by atoms with van der Waals surface area (Å²) in [4.78, 5) is 23.4. The molecule has 1 aromatic carbocycles. The van der Waals surface area contributed by atoms with Crippen molar-refractivity contribution in [1.29, 1.82) is 0 Å². The van der Waals surface area contributed by atoms with Crippen molar-refractivity contribution in [1.82, 2.24) is 0 Å². The second-order valence-corrected chi connectivity index (χ2v) is 7.31. The Bertz CT molecular complexity index is 682. The van der Waals surface area contributed by atoms with E-state index in [4.69, 9.17) is 4.74 Å². The number of anilines is 1. The molecule has 1 aromatic rings. The summed E-state index contributed by atoms with van der Waals surface area (Å²) in [6.07, 6.45) is 0. The number of carbonyl (C=O) groups is 1. The molecular formula is C16H18F2N2O4. The highest BCUT2D eigenvalue weighted by Crippen LogP contribution is 2.54. The van der Waals surface area contributed by atoms with Gasteiger partial charge in [-0.1, -0.05) is 0 Å². The van der Waals surface area contributed by atoms with Crippen molar-refractivity contribution < 1.29 is 23.2 Å². The van der Waals surface area contributed by atoms with Crippen molar-refractivity contribution >= 4 is 17.3 Å². The van der Waals surface area contributed by atoms with Crippen LogP contribution < -0.4 is 4.90 Å². The number of fused-ring (bicyclic) bond motifs is 1. The lowest BCUT2D eigenvalue weighted by Gasteiger charge is -2.24. The number of benzene rings is 1. The molecule has 0 spiro atoms. The number of hydrogen-bond donors (Lipinski definition) is 0. The molecule has 0 bridgehead atoms. The average Bonchev–Trinajstić information content (AvgIpc) is 2.92. The lowest BCUT2D eigenvalue weighted by molar-refractivity contribution is -0.385. The van der Waals surface area contributed by atoms with Crippen LogP contribution in [0.2, 0.25) is 0 Å². The van der Waals surface area contributed by atoms with Gasteiger partial charge in [-0.2, -0.15) is 0 Å². The van der Waals surface area contributed by atoms with Gasteiger partial charge in [-0.3, -0.25) is 14.9 Å². The van der Waals surface area contributed by atoms with E-state index < -0.39 is 27.8 Å². The smallest absolute Gasteiger partial charge is 0.310 e. The highest BCUT2D eigenvalue weighted by atomic mass is 19.1. The van der Waals surface area contributed by atoms with E-state index in [1.807, 2.05) is 0 Å². The number of esters is 1. The van der Waals surface area contributed by atoms with Gasteiger partial charge in [0.1, 0.15) is 11.3 Å². The standard InChI is InChI=1S/C16H18F2N2O4/c1-16(2,3)24-15(21)13-9-6-19(7-10(9)13)14-11(17)4-8(20(22)23)5-12(14)18/h4-5,9-10,13H,6-7H2,1-3H3/t9-,10+,13?. The van der Waals surface area contributed by atoms with Gasteiger partial charge in [-0.05, 0) is 32.6 Å². The number of nitro benzene ring substituents is 1. The third-order valence-electron chi connectivity index (χ3n) is 4.40. The maximum atomic E-state index is 14.1. The molecule has 6 nitrogen and oxygen atoms in total. The van der Waals surface area contributed by atoms with Crippen LogP contribution >= 0.6 is 0 Å². The Morgan fingerprint density at radius 2 is 1.75 bits per heavy atom. The van der Waals surface area contributed by atoms with Crippen LogP contribution in [0.1, 0.15) is 20.8 Å². The zero-order valence-electron chi connectivity index (χ0n) is 13.6. The Balaban J connectivity index is 1.70. The van der Waals surface area contributed by atoms with Gasteiger partial charge in [-0.15, -0.1) is 0 Å². The van der Waals surface area contributed by atoms with Crippen LogP contribution in [0.5, 0.6) is 0 Å². The van der Waals surface area contributed by atoms with Crippen LogP contribution in [0.3, 0.4) is 0 Å². The normalized spacial score (nSPS) is 25.4. The molecule has 0 aromatic heterocycles. The van der Waals surface area contributed by atoms with Crippen molar-refractivity contribution in [3.63, 3.8) is 0 Å². The van der Waals surface area contributed by atoms with Crippen LogP contribution in [0.25, 0.3) is 0 Å². The molecule has 0 amide bonds. The van der Waals surface area contributed by atoms with E-state index in [1.54, 1.807) is 20.8 Å². The maximum absolute atomic E-state index is 14.1. The summed E-state index contributed by atoms with van der Waals surface area (Å²) in [7, 11) is 0. The van der Waals surface area contributed by atoms with E-state index in [-0.39, 0.29) is 29.4 Å². The van der Waals surface area contributed by atoms with Gasteiger partial charge in [0.15, 0.2) is 11.6 Å². The molecule has 1 aliphatic heterocycles. The summed E-state index contributed by atoms with van der Waals surface area (Å²) >= 11 is 0. The number of piperidine rings is 1. The van der Waals surface area contributed by atoms with Gasteiger partial charge in [0.25, 0.3) is 5.69 Å². The SMILES string of the molecule is CC(C)(C)OC(=O)C1[C@H]2CN(c3c(F)cc([N+](=O)[O-])cc3F)C[C@@H]12. The van der Waals surface area contributed by atoms with Crippen molar-refractivity contribution in [2.24, 2.45) is 17.8 Å². The molecule has 1 unspecified atom stereocenters. The van der Waals surface area contributed by atoms with E-state index in [0.29, 0.717) is 25.2 Å². The molecule has 1 saturated heterocycles. The fraction of sp³-hybridized carbons (Fsp3) is 0.562. The first-order valence-electron chi connectivity index (χ1n) is 7.70. The van der Waals surface area contributed by atoms with Crippen LogP contribution in [-0.2, 0) is 9.53 Å². The molecule has 130 valence electrons. The molecule has 0 radical (unpaired) electrons. The topological polar surface area (TPSA) is 72.7 Å². The van der Waals surface area contributed by atoms with Crippen LogP contribution in [0.15, 0.2) is 12.1 Å². The molecule has 3 atom stereocenters. The first-order chi connectivity index (χ1) is 11.1. The molecule has 1 saturated carbocycles. The first-order valence-corrected chi connectivity index (χ1v) is 7.70. The zero-order chi connectivity index (χ0) is 17.8. The number of carbonyl (C=O) groups excluding carboxylic acids is 1. The fourth-order valence-electron chi connectivity index (χ4n) is 3.39. The van der Waals surface area contributed by atoms with Gasteiger partial charge in [-0.25, -0.2) is 8.78 Å². The minimum absolute atomic E-state index is 0.00819. The average molecular weight is 340 g/mol.